The maximum absolute atomic E-state index is 12.2. The molecule has 1 heterocycles. The number of hydrogen-bond acceptors (Lipinski definition) is 3. The fourth-order valence-corrected chi connectivity index (χ4v) is 2.96. The minimum Gasteiger partial charge on any atom is -0.460 e. The maximum Gasteiger partial charge on any atom is 0.311 e. The average Bonchev–Trinajstić information content (AvgIpc) is 2.96. The van der Waals surface area contributed by atoms with Crippen LogP contribution in [-0.2, 0) is 27.5 Å². The Bertz CT molecular complexity index is 732. The van der Waals surface area contributed by atoms with E-state index < -0.39 is 5.92 Å². The first-order valence-corrected chi connectivity index (χ1v) is 8.23. The fraction of sp³-hybridized carbons (Fsp3) is 0.263. The highest BCUT2D eigenvalue weighted by molar-refractivity contribution is 6.31. The zero-order valence-corrected chi connectivity index (χ0v) is 13.9. The Hall–Kier alpha value is -2.33. The van der Waals surface area contributed by atoms with E-state index in [1.807, 2.05) is 48.5 Å². The number of halogens is 1. The molecule has 0 unspecified atom stereocenters. The van der Waals surface area contributed by atoms with E-state index >= 15 is 0 Å². The normalized spacial score (nSPS) is 17.1. The summed E-state index contributed by atoms with van der Waals surface area (Å²) in [6, 6.07) is 17.0. The van der Waals surface area contributed by atoms with Crippen molar-refractivity contribution in [1.29, 1.82) is 0 Å². The van der Waals surface area contributed by atoms with Gasteiger partial charge in [0.05, 0.1) is 5.92 Å². The van der Waals surface area contributed by atoms with Crippen molar-refractivity contribution in [3.05, 3.63) is 70.7 Å². The molecule has 1 aliphatic heterocycles. The Morgan fingerprint density at radius 1 is 1.12 bits per heavy atom. The Morgan fingerprint density at radius 2 is 1.83 bits per heavy atom. The highest BCUT2D eigenvalue weighted by atomic mass is 35.5. The largest absolute Gasteiger partial charge is 0.460 e. The predicted octanol–water partition coefficient (Wildman–Crippen LogP) is 3.43. The third kappa shape index (κ3) is 3.95. The van der Waals surface area contributed by atoms with Gasteiger partial charge in [-0.1, -0.05) is 60.1 Å². The predicted molar refractivity (Wildman–Crippen MR) is 91.2 cm³/mol. The molecule has 0 N–H and O–H groups in total. The summed E-state index contributed by atoms with van der Waals surface area (Å²) in [5.74, 6) is -0.777. The summed E-state index contributed by atoms with van der Waals surface area (Å²) in [4.78, 5) is 26.1. The number of ether oxygens (including phenoxy) is 1. The monoisotopic (exact) mass is 343 g/mol. The first-order chi connectivity index (χ1) is 11.6. The number of benzene rings is 2. The number of nitrogens with zero attached hydrogens (tertiary/aromatic N) is 1. The molecule has 4 nitrogen and oxygen atoms in total. The molecule has 0 spiro atoms. The lowest BCUT2D eigenvalue weighted by molar-refractivity contribution is -0.149. The number of likely N-dealkylation sites (tertiary alicyclic amines) is 1. The van der Waals surface area contributed by atoms with Crippen LogP contribution in [0.4, 0.5) is 0 Å². The molecule has 5 heteroatoms. The summed E-state index contributed by atoms with van der Waals surface area (Å²) in [5.41, 5.74) is 1.81. The van der Waals surface area contributed by atoms with Crippen molar-refractivity contribution in [2.75, 3.05) is 6.54 Å². The molecule has 2 aromatic rings. The summed E-state index contributed by atoms with van der Waals surface area (Å²) in [6.45, 7) is 1.05. The molecule has 1 amide bonds. The maximum atomic E-state index is 12.2. The third-order valence-electron chi connectivity index (χ3n) is 4.09. The minimum absolute atomic E-state index is 0.0152. The van der Waals surface area contributed by atoms with Gasteiger partial charge in [-0.2, -0.15) is 0 Å². The van der Waals surface area contributed by atoms with Crippen molar-refractivity contribution in [3.63, 3.8) is 0 Å². The standard InChI is InChI=1S/C19H18ClNO3/c20-17-9-5-4-8-15(17)13-24-19(23)16-10-18(22)21(12-16)11-14-6-2-1-3-7-14/h1-9,16H,10-13H2/t16-/m0/s1. The Morgan fingerprint density at radius 3 is 2.58 bits per heavy atom. The second kappa shape index (κ2) is 7.49. The molecule has 3 rings (SSSR count). The number of carbonyl (C=O) groups excluding carboxylic acids is 2. The molecular formula is C19H18ClNO3. The zero-order chi connectivity index (χ0) is 16.9. The third-order valence-corrected chi connectivity index (χ3v) is 4.46. The van der Waals surface area contributed by atoms with Crippen LogP contribution in [0.2, 0.25) is 5.02 Å². The van der Waals surface area contributed by atoms with Crippen molar-refractivity contribution in [1.82, 2.24) is 4.90 Å². The highest BCUT2D eigenvalue weighted by Gasteiger charge is 2.35. The van der Waals surface area contributed by atoms with Crippen LogP contribution in [0.5, 0.6) is 0 Å². The Balaban J connectivity index is 1.55. The van der Waals surface area contributed by atoms with Gasteiger partial charge in [-0.3, -0.25) is 9.59 Å². The van der Waals surface area contributed by atoms with Crippen LogP contribution in [0.1, 0.15) is 17.5 Å². The van der Waals surface area contributed by atoms with Gasteiger partial charge in [0.25, 0.3) is 0 Å². The van der Waals surface area contributed by atoms with Gasteiger partial charge < -0.3 is 9.64 Å². The van der Waals surface area contributed by atoms with Crippen molar-refractivity contribution < 1.29 is 14.3 Å². The van der Waals surface area contributed by atoms with E-state index in [0.717, 1.165) is 11.1 Å². The van der Waals surface area contributed by atoms with Gasteiger partial charge in [0.1, 0.15) is 6.61 Å². The summed E-state index contributed by atoms with van der Waals surface area (Å²) in [5, 5.41) is 0.568. The lowest BCUT2D eigenvalue weighted by Gasteiger charge is -2.16. The van der Waals surface area contributed by atoms with Crippen molar-refractivity contribution >= 4 is 23.5 Å². The molecular weight excluding hydrogens is 326 g/mol. The summed E-state index contributed by atoms with van der Waals surface area (Å²) in [6.07, 6.45) is 0.203. The molecule has 0 radical (unpaired) electrons. The number of carbonyl (C=O) groups is 2. The van der Waals surface area contributed by atoms with E-state index in [9.17, 15) is 9.59 Å². The molecule has 0 bridgehead atoms. The molecule has 0 aliphatic carbocycles. The van der Waals surface area contributed by atoms with Gasteiger partial charge in [0.2, 0.25) is 5.91 Å². The SMILES string of the molecule is O=C(OCc1ccccc1Cl)[C@H]1CC(=O)N(Cc2ccccc2)C1. The molecule has 2 aromatic carbocycles. The van der Waals surface area contributed by atoms with Crippen LogP contribution in [0, 0.1) is 5.92 Å². The lowest BCUT2D eigenvalue weighted by Crippen LogP contribution is -2.26. The van der Waals surface area contributed by atoms with Crippen LogP contribution in [-0.4, -0.2) is 23.3 Å². The van der Waals surface area contributed by atoms with E-state index in [1.54, 1.807) is 11.0 Å². The Kier molecular flexibility index (Phi) is 5.16. The molecule has 1 saturated heterocycles. The average molecular weight is 344 g/mol. The quantitative estimate of drug-likeness (QED) is 0.781. The van der Waals surface area contributed by atoms with Crippen LogP contribution >= 0.6 is 11.6 Å². The minimum atomic E-state index is -0.413. The van der Waals surface area contributed by atoms with Gasteiger partial charge >= 0.3 is 5.97 Å². The summed E-state index contributed by atoms with van der Waals surface area (Å²) < 4.78 is 5.34. The summed E-state index contributed by atoms with van der Waals surface area (Å²) in [7, 11) is 0. The fourth-order valence-electron chi connectivity index (χ4n) is 2.77. The number of hydrogen-bond donors (Lipinski definition) is 0. The Labute approximate surface area is 146 Å². The van der Waals surface area contributed by atoms with E-state index in [0.29, 0.717) is 18.1 Å². The summed E-state index contributed by atoms with van der Waals surface area (Å²) >= 11 is 6.05. The van der Waals surface area contributed by atoms with Gasteiger partial charge in [0.15, 0.2) is 0 Å². The van der Waals surface area contributed by atoms with E-state index in [-0.39, 0.29) is 24.9 Å². The number of amides is 1. The molecule has 24 heavy (non-hydrogen) atoms. The first-order valence-electron chi connectivity index (χ1n) is 7.85. The van der Waals surface area contributed by atoms with Gasteiger partial charge in [0, 0.05) is 30.1 Å². The van der Waals surface area contributed by atoms with Crippen molar-refractivity contribution in [3.8, 4) is 0 Å². The molecule has 1 aliphatic rings. The highest BCUT2D eigenvalue weighted by Crippen LogP contribution is 2.23. The first kappa shape index (κ1) is 16.5. The van der Waals surface area contributed by atoms with Gasteiger partial charge in [-0.25, -0.2) is 0 Å². The number of esters is 1. The molecule has 124 valence electrons. The smallest absolute Gasteiger partial charge is 0.311 e. The topological polar surface area (TPSA) is 46.6 Å². The molecule has 1 atom stereocenters. The van der Waals surface area contributed by atoms with E-state index in [2.05, 4.69) is 0 Å². The van der Waals surface area contributed by atoms with Crippen LogP contribution in [0.15, 0.2) is 54.6 Å². The van der Waals surface area contributed by atoms with Crippen molar-refractivity contribution in [2.24, 2.45) is 5.92 Å². The molecule has 0 saturated carbocycles. The molecule has 0 aromatic heterocycles. The second-order valence-corrected chi connectivity index (χ2v) is 6.27. The van der Waals surface area contributed by atoms with Gasteiger partial charge in [-0.05, 0) is 11.6 Å². The van der Waals surface area contributed by atoms with Crippen LogP contribution in [0.25, 0.3) is 0 Å². The van der Waals surface area contributed by atoms with Gasteiger partial charge in [-0.15, -0.1) is 0 Å². The second-order valence-electron chi connectivity index (χ2n) is 5.86. The van der Waals surface area contributed by atoms with E-state index in [4.69, 9.17) is 16.3 Å². The number of rotatable bonds is 5. The lowest BCUT2D eigenvalue weighted by atomic mass is 10.1. The molecule has 1 fully saturated rings. The van der Waals surface area contributed by atoms with Crippen molar-refractivity contribution in [2.45, 2.75) is 19.6 Å². The van der Waals surface area contributed by atoms with Crippen LogP contribution in [0.3, 0.4) is 0 Å². The van der Waals surface area contributed by atoms with E-state index in [1.165, 1.54) is 0 Å². The van der Waals surface area contributed by atoms with Crippen LogP contribution < -0.4 is 0 Å². The zero-order valence-electron chi connectivity index (χ0n) is 13.2.